The second-order valence-electron chi connectivity index (χ2n) is 4.28. The number of carbonyl (C=O) groups excluding carboxylic acids is 2. The van der Waals surface area contributed by atoms with Gasteiger partial charge in [0.25, 0.3) is 0 Å². The summed E-state index contributed by atoms with van der Waals surface area (Å²) in [5.74, 6) is -0.319. The highest BCUT2D eigenvalue weighted by Crippen LogP contribution is 2.14. The third-order valence-electron chi connectivity index (χ3n) is 2.69. The van der Waals surface area contributed by atoms with E-state index < -0.39 is 6.04 Å². The minimum absolute atomic E-state index is 0.163. The molecule has 0 bridgehead atoms. The predicted molar refractivity (Wildman–Crippen MR) is 87.6 cm³/mol. The summed E-state index contributed by atoms with van der Waals surface area (Å²) in [6, 6.07) is 6.43. The molecule has 1 atom stereocenters. The van der Waals surface area contributed by atoms with Crippen LogP contribution in [0.4, 0.5) is 5.69 Å². The Hall–Kier alpha value is -1.31. The summed E-state index contributed by atoms with van der Waals surface area (Å²) in [7, 11) is 0. The number of amides is 1. The zero-order valence-corrected chi connectivity index (χ0v) is 13.3. The molecular weight excluding hydrogens is 332 g/mol. The highest BCUT2D eigenvalue weighted by molar-refractivity contribution is 8.23. The van der Waals surface area contributed by atoms with Crippen LogP contribution in [0.5, 0.6) is 0 Å². The molecule has 8 heteroatoms. The molecule has 1 fully saturated rings. The van der Waals surface area contributed by atoms with Crippen molar-refractivity contribution in [1.82, 2.24) is 5.32 Å². The van der Waals surface area contributed by atoms with Crippen LogP contribution >= 0.6 is 35.6 Å². The van der Waals surface area contributed by atoms with E-state index in [-0.39, 0.29) is 17.6 Å². The number of cyclic esters (lactones) is 1. The Morgan fingerprint density at radius 3 is 2.76 bits per heavy atom. The van der Waals surface area contributed by atoms with Crippen molar-refractivity contribution < 1.29 is 14.3 Å². The van der Waals surface area contributed by atoms with Gasteiger partial charge in [-0.1, -0.05) is 35.6 Å². The van der Waals surface area contributed by atoms with Crippen LogP contribution in [0, 0.1) is 0 Å². The zero-order chi connectivity index (χ0) is 15.2. The molecule has 0 unspecified atom stereocenters. The number of carbonyl (C=O) groups is 2. The van der Waals surface area contributed by atoms with Crippen LogP contribution in [0.15, 0.2) is 24.3 Å². The van der Waals surface area contributed by atoms with Crippen molar-refractivity contribution in [2.75, 3.05) is 17.7 Å². The van der Waals surface area contributed by atoms with E-state index in [0.717, 1.165) is 0 Å². The fourth-order valence-electron chi connectivity index (χ4n) is 1.67. The molecule has 1 amide bonds. The Morgan fingerprint density at radius 1 is 1.43 bits per heavy atom. The first kappa shape index (κ1) is 16.1. The molecule has 1 aromatic carbocycles. The molecule has 1 aromatic rings. The number of thioether (sulfide) groups is 1. The Morgan fingerprint density at radius 2 is 2.14 bits per heavy atom. The topological polar surface area (TPSA) is 67.4 Å². The molecule has 21 heavy (non-hydrogen) atoms. The van der Waals surface area contributed by atoms with Gasteiger partial charge in [-0.15, -0.1) is 0 Å². The monoisotopic (exact) mass is 344 g/mol. The first-order valence-electron chi connectivity index (χ1n) is 6.20. The molecule has 2 rings (SSSR count). The lowest BCUT2D eigenvalue weighted by atomic mass is 10.3. The van der Waals surface area contributed by atoms with Gasteiger partial charge in [0.2, 0.25) is 5.91 Å². The lowest BCUT2D eigenvalue weighted by Gasteiger charge is -2.11. The average Bonchev–Trinajstić information content (AvgIpc) is 2.85. The third-order valence-corrected chi connectivity index (χ3v) is 4.20. The van der Waals surface area contributed by atoms with Gasteiger partial charge in [0.15, 0.2) is 0 Å². The van der Waals surface area contributed by atoms with Crippen molar-refractivity contribution in [3.8, 4) is 0 Å². The van der Waals surface area contributed by atoms with Gasteiger partial charge in [-0.05, 0) is 24.3 Å². The Kier molecular flexibility index (Phi) is 5.84. The number of hydrogen-bond donors (Lipinski definition) is 2. The standard InChI is InChI=1S/C13H13ClN2O3S2/c14-8-1-3-9(4-2-8)15-11(17)7-21-13(20)16-10-5-6-19-12(10)18/h1-4,10H,5-7H2,(H,15,17)(H,16,20)/t10-/m0/s1. The lowest BCUT2D eigenvalue weighted by Crippen LogP contribution is -2.36. The quantitative estimate of drug-likeness (QED) is 0.644. The SMILES string of the molecule is O=C(CSC(=S)N[C@H]1CCOC1=O)Nc1ccc(Cl)cc1. The van der Waals surface area contributed by atoms with Gasteiger partial charge in [-0.25, -0.2) is 4.79 Å². The van der Waals surface area contributed by atoms with Gasteiger partial charge in [0.05, 0.1) is 12.4 Å². The summed E-state index contributed by atoms with van der Waals surface area (Å²) in [6.45, 7) is 0.404. The molecule has 0 spiro atoms. The highest BCUT2D eigenvalue weighted by Gasteiger charge is 2.26. The van der Waals surface area contributed by atoms with Crippen LogP contribution in [-0.4, -0.2) is 34.6 Å². The predicted octanol–water partition coefficient (Wildman–Crippen LogP) is 2.20. The number of nitrogens with one attached hydrogen (secondary N) is 2. The smallest absolute Gasteiger partial charge is 0.328 e. The van der Waals surface area contributed by atoms with Crippen molar-refractivity contribution in [2.45, 2.75) is 12.5 Å². The zero-order valence-electron chi connectivity index (χ0n) is 10.9. The largest absolute Gasteiger partial charge is 0.464 e. The van der Waals surface area contributed by atoms with Gasteiger partial charge in [-0.3, -0.25) is 4.79 Å². The highest BCUT2D eigenvalue weighted by atomic mass is 35.5. The van der Waals surface area contributed by atoms with Crippen LogP contribution in [0.3, 0.4) is 0 Å². The minimum Gasteiger partial charge on any atom is -0.464 e. The first-order chi connectivity index (χ1) is 10.0. The van der Waals surface area contributed by atoms with Crippen molar-refractivity contribution in [2.24, 2.45) is 0 Å². The number of halogens is 1. The van der Waals surface area contributed by atoms with E-state index in [9.17, 15) is 9.59 Å². The van der Waals surface area contributed by atoms with E-state index in [1.54, 1.807) is 24.3 Å². The maximum atomic E-state index is 11.8. The Balaban J connectivity index is 1.72. The normalized spacial score (nSPS) is 17.2. The van der Waals surface area contributed by atoms with E-state index in [2.05, 4.69) is 10.6 Å². The van der Waals surface area contributed by atoms with Crippen LogP contribution in [0.25, 0.3) is 0 Å². The molecule has 0 aromatic heterocycles. The van der Waals surface area contributed by atoms with E-state index >= 15 is 0 Å². The summed E-state index contributed by atoms with van der Waals surface area (Å²) in [5, 5.41) is 6.21. The number of hydrogen-bond acceptors (Lipinski definition) is 5. The Bertz CT molecular complexity index is 551. The van der Waals surface area contributed by atoms with Crippen LogP contribution in [-0.2, 0) is 14.3 Å². The van der Waals surface area contributed by atoms with E-state index in [1.165, 1.54) is 11.8 Å². The fourth-order valence-corrected chi connectivity index (χ4v) is 2.68. The first-order valence-corrected chi connectivity index (χ1v) is 7.97. The molecule has 0 radical (unpaired) electrons. The van der Waals surface area contributed by atoms with Crippen molar-refractivity contribution in [3.63, 3.8) is 0 Å². The van der Waals surface area contributed by atoms with Gasteiger partial charge >= 0.3 is 5.97 Å². The summed E-state index contributed by atoms with van der Waals surface area (Å²) in [5.41, 5.74) is 0.670. The third kappa shape index (κ3) is 5.18. The average molecular weight is 345 g/mol. The van der Waals surface area contributed by atoms with Gasteiger partial charge in [0, 0.05) is 17.1 Å². The fraction of sp³-hybridized carbons (Fsp3) is 0.308. The van der Waals surface area contributed by atoms with Gasteiger partial charge in [0.1, 0.15) is 10.4 Å². The van der Waals surface area contributed by atoms with Gasteiger partial charge in [-0.2, -0.15) is 0 Å². The molecule has 5 nitrogen and oxygen atoms in total. The second-order valence-corrected chi connectivity index (χ2v) is 6.37. The van der Waals surface area contributed by atoms with E-state index in [1.807, 2.05) is 0 Å². The summed E-state index contributed by atoms with van der Waals surface area (Å²) in [6.07, 6.45) is 0.594. The second kappa shape index (κ2) is 7.63. The maximum Gasteiger partial charge on any atom is 0.328 e. The van der Waals surface area contributed by atoms with E-state index in [0.29, 0.717) is 28.1 Å². The number of rotatable bonds is 4. The molecule has 112 valence electrons. The van der Waals surface area contributed by atoms with Crippen molar-refractivity contribution in [3.05, 3.63) is 29.3 Å². The van der Waals surface area contributed by atoms with E-state index in [4.69, 9.17) is 28.6 Å². The van der Waals surface area contributed by atoms with Gasteiger partial charge < -0.3 is 15.4 Å². The number of esters is 1. The van der Waals surface area contributed by atoms with Crippen LogP contribution in [0.2, 0.25) is 5.02 Å². The maximum absolute atomic E-state index is 11.8. The van der Waals surface area contributed by atoms with Crippen LogP contribution < -0.4 is 10.6 Å². The lowest BCUT2D eigenvalue weighted by molar-refractivity contribution is -0.139. The minimum atomic E-state index is -0.399. The number of ether oxygens (including phenoxy) is 1. The molecular formula is C13H13ClN2O3S2. The molecule has 0 saturated carbocycles. The number of thiocarbonyl (C=S) groups is 1. The summed E-state index contributed by atoms with van der Waals surface area (Å²) >= 11 is 12.0. The van der Waals surface area contributed by atoms with Crippen LogP contribution in [0.1, 0.15) is 6.42 Å². The molecule has 1 saturated heterocycles. The molecule has 1 aliphatic heterocycles. The molecule has 1 aliphatic rings. The Labute approximate surface area is 136 Å². The van der Waals surface area contributed by atoms with Crippen molar-refractivity contribution >= 4 is 57.5 Å². The number of anilines is 1. The summed E-state index contributed by atoms with van der Waals surface area (Å²) in [4.78, 5) is 23.0. The molecule has 0 aliphatic carbocycles. The van der Waals surface area contributed by atoms with Crippen molar-refractivity contribution in [1.29, 1.82) is 0 Å². The molecule has 2 N–H and O–H groups in total. The molecule has 1 heterocycles. The summed E-state index contributed by atoms with van der Waals surface area (Å²) < 4.78 is 5.23. The number of benzene rings is 1.